The van der Waals surface area contributed by atoms with Gasteiger partial charge in [-0.05, 0) is 24.5 Å². The topological polar surface area (TPSA) is 32.3 Å². The highest BCUT2D eigenvalue weighted by molar-refractivity contribution is 5.35. The van der Waals surface area contributed by atoms with Crippen molar-refractivity contribution in [3.05, 3.63) is 30.4 Å². The highest BCUT2D eigenvalue weighted by Gasteiger charge is 2.39. The fourth-order valence-electron chi connectivity index (χ4n) is 3.38. The van der Waals surface area contributed by atoms with E-state index in [0.717, 1.165) is 18.4 Å². The van der Waals surface area contributed by atoms with Crippen molar-refractivity contribution in [2.75, 3.05) is 32.7 Å². The van der Waals surface area contributed by atoms with Crippen molar-refractivity contribution >= 4 is 6.08 Å². The van der Waals surface area contributed by atoms with Gasteiger partial charge in [-0.3, -0.25) is 4.90 Å². The van der Waals surface area contributed by atoms with Gasteiger partial charge in [0.15, 0.2) is 5.82 Å². The third-order valence-electron chi connectivity index (χ3n) is 4.40. The second-order valence-electron chi connectivity index (χ2n) is 5.72. The molecule has 0 unspecified atom stereocenters. The normalized spacial score (nSPS) is 25.3. The SMILES string of the molecule is C=Cc1ncc(CN2C[C@H]3CN(CC)C[C@H]3C2)cn1.CC. The first kappa shape index (κ1) is 16.1. The number of nitrogens with zero attached hydrogens (tertiary/aromatic N) is 4. The molecule has 1 aromatic heterocycles. The van der Waals surface area contributed by atoms with Gasteiger partial charge < -0.3 is 4.90 Å². The van der Waals surface area contributed by atoms with Crippen molar-refractivity contribution in [2.45, 2.75) is 27.3 Å². The summed E-state index contributed by atoms with van der Waals surface area (Å²) in [6.07, 6.45) is 5.54. The summed E-state index contributed by atoms with van der Waals surface area (Å²) in [6.45, 7) is 17.1. The summed E-state index contributed by atoms with van der Waals surface area (Å²) < 4.78 is 0. The van der Waals surface area contributed by atoms with Crippen LogP contribution in [0.5, 0.6) is 0 Å². The van der Waals surface area contributed by atoms with Crippen LogP contribution in [0.15, 0.2) is 19.0 Å². The van der Waals surface area contributed by atoms with E-state index in [0.29, 0.717) is 5.82 Å². The fraction of sp³-hybridized carbons (Fsp3) is 0.647. The summed E-state index contributed by atoms with van der Waals surface area (Å²) in [4.78, 5) is 13.7. The molecule has 2 saturated heterocycles. The molecule has 3 heterocycles. The molecule has 0 saturated carbocycles. The molecule has 0 radical (unpaired) electrons. The average molecular weight is 288 g/mol. The Labute approximate surface area is 128 Å². The molecule has 116 valence electrons. The lowest BCUT2D eigenvalue weighted by Crippen LogP contribution is -2.28. The maximum Gasteiger partial charge on any atom is 0.151 e. The van der Waals surface area contributed by atoms with Crippen LogP contribution in [0.4, 0.5) is 0 Å². The summed E-state index contributed by atoms with van der Waals surface area (Å²) in [5.74, 6) is 2.45. The van der Waals surface area contributed by atoms with E-state index in [4.69, 9.17) is 0 Å². The Hall–Kier alpha value is -1.26. The number of hydrogen-bond donors (Lipinski definition) is 0. The maximum atomic E-state index is 4.27. The van der Waals surface area contributed by atoms with Crippen LogP contribution in [0.2, 0.25) is 0 Å². The smallest absolute Gasteiger partial charge is 0.151 e. The van der Waals surface area contributed by atoms with Crippen LogP contribution in [0.25, 0.3) is 6.08 Å². The number of rotatable bonds is 4. The van der Waals surface area contributed by atoms with Gasteiger partial charge in [0.25, 0.3) is 0 Å². The predicted octanol–water partition coefficient (Wildman–Crippen LogP) is 2.53. The van der Waals surface area contributed by atoms with Crippen molar-refractivity contribution in [1.82, 2.24) is 19.8 Å². The number of fused-ring (bicyclic) bond motifs is 1. The van der Waals surface area contributed by atoms with Crippen LogP contribution >= 0.6 is 0 Å². The molecular formula is C17H28N4. The van der Waals surface area contributed by atoms with Crippen LogP contribution in [-0.4, -0.2) is 52.5 Å². The molecule has 4 heteroatoms. The highest BCUT2D eigenvalue weighted by Crippen LogP contribution is 2.31. The monoisotopic (exact) mass is 288 g/mol. The van der Waals surface area contributed by atoms with Gasteiger partial charge in [0.05, 0.1) is 0 Å². The Bertz CT molecular complexity index is 429. The van der Waals surface area contributed by atoms with Gasteiger partial charge >= 0.3 is 0 Å². The minimum atomic E-state index is 0.709. The molecule has 0 aliphatic carbocycles. The molecule has 0 amide bonds. The summed E-state index contributed by atoms with van der Waals surface area (Å²) in [7, 11) is 0. The van der Waals surface area contributed by atoms with E-state index >= 15 is 0 Å². The second-order valence-corrected chi connectivity index (χ2v) is 5.72. The van der Waals surface area contributed by atoms with E-state index in [1.54, 1.807) is 6.08 Å². The first-order valence-corrected chi connectivity index (χ1v) is 8.16. The molecule has 2 fully saturated rings. The molecule has 0 N–H and O–H groups in total. The van der Waals surface area contributed by atoms with Crippen LogP contribution in [0.3, 0.4) is 0 Å². The number of aromatic nitrogens is 2. The minimum absolute atomic E-state index is 0.709. The summed E-state index contributed by atoms with van der Waals surface area (Å²) in [6, 6.07) is 0. The van der Waals surface area contributed by atoms with E-state index in [-0.39, 0.29) is 0 Å². The molecule has 2 atom stereocenters. The summed E-state index contributed by atoms with van der Waals surface area (Å²) in [5, 5.41) is 0. The lowest BCUT2D eigenvalue weighted by molar-refractivity contribution is 0.256. The lowest BCUT2D eigenvalue weighted by atomic mass is 10.0. The first-order valence-electron chi connectivity index (χ1n) is 8.16. The van der Waals surface area contributed by atoms with Crippen molar-refractivity contribution in [2.24, 2.45) is 11.8 Å². The molecule has 21 heavy (non-hydrogen) atoms. The van der Waals surface area contributed by atoms with Gasteiger partial charge in [-0.15, -0.1) is 0 Å². The number of likely N-dealkylation sites (tertiary alicyclic amines) is 2. The van der Waals surface area contributed by atoms with E-state index in [1.807, 2.05) is 26.2 Å². The van der Waals surface area contributed by atoms with Crippen molar-refractivity contribution in [1.29, 1.82) is 0 Å². The Balaban J connectivity index is 0.000000774. The standard InChI is InChI=1S/C15H22N4.C2H6/c1-3-15-16-5-12(6-17-15)7-19-10-13-8-18(4-2)9-14(13)11-19;1-2/h3,5-6,13-14H,1,4,7-11H2,2H3;1-2H3/t13-,14+;. The molecule has 2 aliphatic rings. The Morgan fingerprint density at radius 1 is 1.10 bits per heavy atom. The minimum Gasteiger partial charge on any atom is -0.303 e. The highest BCUT2D eigenvalue weighted by atomic mass is 15.2. The largest absolute Gasteiger partial charge is 0.303 e. The van der Waals surface area contributed by atoms with Gasteiger partial charge in [0, 0.05) is 50.7 Å². The van der Waals surface area contributed by atoms with Crippen molar-refractivity contribution in [3.63, 3.8) is 0 Å². The molecule has 3 rings (SSSR count). The van der Waals surface area contributed by atoms with Crippen LogP contribution in [0.1, 0.15) is 32.2 Å². The predicted molar refractivity (Wildman–Crippen MR) is 87.8 cm³/mol. The van der Waals surface area contributed by atoms with Crippen LogP contribution < -0.4 is 0 Å². The average Bonchev–Trinajstić information content (AvgIpc) is 3.08. The van der Waals surface area contributed by atoms with Crippen molar-refractivity contribution in [3.8, 4) is 0 Å². The molecule has 4 nitrogen and oxygen atoms in total. The summed E-state index contributed by atoms with van der Waals surface area (Å²) >= 11 is 0. The zero-order valence-electron chi connectivity index (χ0n) is 13.6. The lowest BCUT2D eigenvalue weighted by Gasteiger charge is -2.20. The zero-order valence-corrected chi connectivity index (χ0v) is 13.6. The quantitative estimate of drug-likeness (QED) is 0.852. The van der Waals surface area contributed by atoms with Crippen LogP contribution in [0, 0.1) is 11.8 Å². The fourth-order valence-corrected chi connectivity index (χ4v) is 3.38. The Morgan fingerprint density at radius 2 is 1.62 bits per heavy atom. The maximum absolute atomic E-state index is 4.27. The molecule has 0 bridgehead atoms. The van der Waals surface area contributed by atoms with Gasteiger partial charge in [-0.2, -0.15) is 0 Å². The second kappa shape index (κ2) is 7.66. The van der Waals surface area contributed by atoms with E-state index in [2.05, 4.69) is 33.3 Å². The molecule has 0 spiro atoms. The van der Waals surface area contributed by atoms with Crippen LogP contribution in [-0.2, 0) is 6.54 Å². The molecule has 0 aromatic carbocycles. The van der Waals surface area contributed by atoms with E-state index < -0.39 is 0 Å². The van der Waals surface area contributed by atoms with Gasteiger partial charge in [0.2, 0.25) is 0 Å². The third-order valence-corrected chi connectivity index (χ3v) is 4.40. The van der Waals surface area contributed by atoms with Gasteiger partial charge in [-0.25, -0.2) is 9.97 Å². The Morgan fingerprint density at radius 3 is 2.10 bits per heavy atom. The molecule has 1 aromatic rings. The summed E-state index contributed by atoms with van der Waals surface area (Å²) in [5.41, 5.74) is 1.21. The van der Waals surface area contributed by atoms with Gasteiger partial charge in [-0.1, -0.05) is 27.4 Å². The zero-order chi connectivity index (χ0) is 15.2. The first-order chi connectivity index (χ1) is 10.3. The van der Waals surface area contributed by atoms with E-state index in [9.17, 15) is 0 Å². The van der Waals surface area contributed by atoms with Crippen molar-refractivity contribution < 1.29 is 0 Å². The molecule has 2 aliphatic heterocycles. The van der Waals surface area contributed by atoms with Gasteiger partial charge in [0.1, 0.15) is 0 Å². The Kier molecular flexibility index (Phi) is 5.88. The number of hydrogen-bond acceptors (Lipinski definition) is 4. The van der Waals surface area contributed by atoms with E-state index in [1.165, 1.54) is 38.3 Å². The third kappa shape index (κ3) is 3.89. The molecular weight excluding hydrogens is 260 g/mol.